The lowest BCUT2D eigenvalue weighted by Crippen LogP contribution is -2.45. The first-order valence-electron chi connectivity index (χ1n) is 9.71. The van der Waals surface area contributed by atoms with E-state index in [2.05, 4.69) is 45.7 Å². The van der Waals surface area contributed by atoms with Crippen LogP contribution in [0.15, 0.2) is 53.0 Å². The molecule has 0 spiro atoms. The number of rotatable bonds is 5. The van der Waals surface area contributed by atoms with Gasteiger partial charge in [-0.15, -0.1) is 0 Å². The molecule has 1 unspecified atom stereocenters. The molecule has 0 radical (unpaired) electrons. The van der Waals surface area contributed by atoms with E-state index in [4.69, 9.17) is 0 Å². The average molecular weight is 487 g/mol. The third-order valence-corrected chi connectivity index (χ3v) is 5.62. The van der Waals surface area contributed by atoms with E-state index in [9.17, 15) is 19.2 Å². The highest BCUT2D eigenvalue weighted by molar-refractivity contribution is 9.10. The predicted octanol–water partition coefficient (Wildman–Crippen LogP) is 3.69. The Morgan fingerprint density at radius 1 is 1.06 bits per heavy atom. The van der Waals surface area contributed by atoms with Crippen molar-refractivity contribution in [3.05, 3.63) is 64.1 Å². The van der Waals surface area contributed by atoms with Crippen LogP contribution in [-0.4, -0.2) is 35.3 Å². The molecule has 9 heteroatoms. The minimum atomic E-state index is -1.29. The largest absolute Gasteiger partial charge is 0.325 e. The van der Waals surface area contributed by atoms with Crippen molar-refractivity contribution in [3.8, 4) is 0 Å². The van der Waals surface area contributed by atoms with E-state index in [1.165, 1.54) is 0 Å². The minimum Gasteiger partial charge on any atom is -0.319 e. The summed E-state index contributed by atoms with van der Waals surface area (Å²) in [6.07, 6.45) is 0. The third-order valence-electron chi connectivity index (χ3n) is 5.09. The van der Waals surface area contributed by atoms with Crippen LogP contribution < -0.4 is 16.0 Å². The summed E-state index contributed by atoms with van der Waals surface area (Å²) in [7, 11) is 0. The Morgan fingerprint density at radius 2 is 1.68 bits per heavy atom. The van der Waals surface area contributed by atoms with Crippen LogP contribution in [0.4, 0.5) is 15.3 Å². The number of carbonyl (C=O) groups excluding carboxylic acids is 4. The van der Waals surface area contributed by atoms with Crippen LogP contribution in [0, 0.1) is 0 Å². The van der Waals surface area contributed by atoms with Crippen molar-refractivity contribution in [1.29, 1.82) is 0 Å². The SMILES string of the molecule is CC(C)c1ccc(C2(C)NC(=O)N(CC(=O)NC(=O)Nc3ccc(Br)cc3)C2=O)cc1. The summed E-state index contributed by atoms with van der Waals surface area (Å²) in [5, 5.41) is 7.28. The second-order valence-electron chi connectivity index (χ2n) is 7.73. The van der Waals surface area contributed by atoms with E-state index in [1.807, 2.05) is 12.1 Å². The summed E-state index contributed by atoms with van der Waals surface area (Å²) in [4.78, 5) is 50.4. The summed E-state index contributed by atoms with van der Waals surface area (Å²) < 4.78 is 0.843. The second kappa shape index (κ2) is 8.89. The molecule has 1 heterocycles. The normalized spacial score (nSPS) is 18.2. The number of halogens is 1. The standard InChI is InChI=1S/C22H23BrN4O4/c1-13(2)14-4-6-15(7-5-14)22(3)19(29)27(21(31)26-22)12-18(28)25-20(30)24-17-10-8-16(23)9-11-17/h4-11,13H,12H2,1-3H3,(H,26,31)(H2,24,25,28,30). The van der Waals surface area contributed by atoms with Gasteiger partial charge in [0.2, 0.25) is 5.91 Å². The molecule has 1 aliphatic rings. The van der Waals surface area contributed by atoms with Crippen molar-refractivity contribution in [2.24, 2.45) is 0 Å². The molecule has 0 saturated carbocycles. The van der Waals surface area contributed by atoms with E-state index in [-0.39, 0.29) is 0 Å². The number of urea groups is 2. The second-order valence-corrected chi connectivity index (χ2v) is 8.65. The molecule has 6 amide bonds. The van der Waals surface area contributed by atoms with Gasteiger partial charge in [-0.3, -0.25) is 19.8 Å². The molecule has 1 saturated heterocycles. The van der Waals surface area contributed by atoms with Gasteiger partial charge in [0.25, 0.3) is 5.91 Å². The van der Waals surface area contributed by atoms with Gasteiger partial charge in [-0.2, -0.15) is 0 Å². The van der Waals surface area contributed by atoms with Crippen LogP contribution in [0.3, 0.4) is 0 Å². The zero-order chi connectivity index (χ0) is 22.8. The Balaban J connectivity index is 1.64. The van der Waals surface area contributed by atoms with Crippen LogP contribution in [-0.2, 0) is 15.1 Å². The highest BCUT2D eigenvalue weighted by Gasteiger charge is 2.49. The average Bonchev–Trinajstić information content (AvgIpc) is 2.93. The molecule has 3 N–H and O–H groups in total. The Labute approximate surface area is 188 Å². The smallest absolute Gasteiger partial charge is 0.319 e. The quantitative estimate of drug-likeness (QED) is 0.560. The van der Waals surface area contributed by atoms with Gasteiger partial charge in [0, 0.05) is 10.2 Å². The third kappa shape index (κ3) is 4.93. The number of anilines is 1. The number of nitrogens with zero attached hydrogens (tertiary/aromatic N) is 1. The summed E-state index contributed by atoms with van der Waals surface area (Å²) >= 11 is 3.29. The molecule has 1 fully saturated rings. The molecule has 1 aliphatic heterocycles. The molecule has 162 valence electrons. The van der Waals surface area contributed by atoms with Crippen molar-refractivity contribution in [1.82, 2.24) is 15.5 Å². The van der Waals surface area contributed by atoms with E-state index in [0.717, 1.165) is 14.9 Å². The number of amides is 6. The highest BCUT2D eigenvalue weighted by Crippen LogP contribution is 2.29. The van der Waals surface area contributed by atoms with Gasteiger partial charge in [0.15, 0.2) is 0 Å². The predicted molar refractivity (Wildman–Crippen MR) is 119 cm³/mol. The summed E-state index contributed by atoms with van der Waals surface area (Å²) in [6.45, 7) is 5.15. The van der Waals surface area contributed by atoms with Crippen LogP contribution in [0.25, 0.3) is 0 Å². The summed E-state index contributed by atoms with van der Waals surface area (Å²) in [5.41, 5.74) is 0.927. The number of benzene rings is 2. The number of hydrogen-bond donors (Lipinski definition) is 3. The fraction of sp³-hybridized carbons (Fsp3) is 0.273. The molecule has 2 aromatic carbocycles. The van der Waals surface area contributed by atoms with E-state index in [1.54, 1.807) is 43.3 Å². The maximum absolute atomic E-state index is 13.0. The Morgan fingerprint density at radius 3 is 2.26 bits per heavy atom. The zero-order valence-electron chi connectivity index (χ0n) is 17.4. The van der Waals surface area contributed by atoms with Gasteiger partial charge >= 0.3 is 12.1 Å². The molecule has 31 heavy (non-hydrogen) atoms. The zero-order valence-corrected chi connectivity index (χ0v) is 18.9. The van der Waals surface area contributed by atoms with Gasteiger partial charge in [0.1, 0.15) is 12.1 Å². The molecule has 0 aliphatic carbocycles. The van der Waals surface area contributed by atoms with Crippen molar-refractivity contribution < 1.29 is 19.2 Å². The summed E-state index contributed by atoms with van der Waals surface area (Å²) in [5.74, 6) is -1.00. The topological polar surface area (TPSA) is 108 Å². The maximum atomic E-state index is 13.0. The van der Waals surface area contributed by atoms with Gasteiger partial charge in [0.05, 0.1) is 0 Å². The molecular formula is C22H23BrN4O4. The minimum absolute atomic E-state index is 0.333. The molecule has 0 bridgehead atoms. The van der Waals surface area contributed by atoms with Crippen LogP contribution in [0.1, 0.15) is 37.8 Å². The Hall–Kier alpha value is -3.20. The van der Waals surface area contributed by atoms with Crippen LogP contribution in [0.5, 0.6) is 0 Å². The first-order valence-corrected chi connectivity index (χ1v) is 10.5. The lowest BCUT2D eigenvalue weighted by atomic mass is 9.90. The van der Waals surface area contributed by atoms with Crippen molar-refractivity contribution >= 4 is 45.5 Å². The molecule has 2 aromatic rings. The number of nitrogens with one attached hydrogen (secondary N) is 3. The highest BCUT2D eigenvalue weighted by atomic mass is 79.9. The fourth-order valence-corrected chi connectivity index (χ4v) is 3.51. The summed E-state index contributed by atoms with van der Waals surface area (Å²) in [6, 6.07) is 12.7. The lowest BCUT2D eigenvalue weighted by molar-refractivity contribution is -0.134. The van der Waals surface area contributed by atoms with Crippen LogP contribution in [0.2, 0.25) is 0 Å². The van der Waals surface area contributed by atoms with Gasteiger partial charge in [-0.05, 0) is 48.2 Å². The van der Waals surface area contributed by atoms with Gasteiger partial charge < -0.3 is 10.6 Å². The molecular weight excluding hydrogens is 464 g/mol. The number of hydrogen-bond acceptors (Lipinski definition) is 4. The van der Waals surface area contributed by atoms with Crippen LogP contribution >= 0.6 is 15.9 Å². The molecule has 3 rings (SSSR count). The van der Waals surface area contributed by atoms with E-state index in [0.29, 0.717) is 17.2 Å². The monoisotopic (exact) mass is 486 g/mol. The first kappa shape index (κ1) is 22.5. The Bertz CT molecular complexity index is 1020. The number of imide groups is 2. The van der Waals surface area contributed by atoms with Crippen molar-refractivity contribution in [2.75, 3.05) is 11.9 Å². The lowest BCUT2D eigenvalue weighted by Gasteiger charge is -2.22. The van der Waals surface area contributed by atoms with Gasteiger partial charge in [-0.25, -0.2) is 9.59 Å². The Kier molecular flexibility index (Phi) is 6.45. The maximum Gasteiger partial charge on any atom is 0.325 e. The molecule has 0 aromatic heterocycles. The number of carbonyl (C=O) groups is 4. The van der Waals surface area contributed by atoms with Crippen molar-refractivity contribution in [3.63, 3.8) is 0 Å². The van der Waals surface area contributed by atoms with E-state index < -0.39 is 36.0 Å². The van der Waals surface area contributed by atoms with Gasteiger partial charge in [-0.1, -0.05) is 54.0 Å². The molecule has 8 nitrogen and oxygen atoms in total. The van der Waals surface area contributed by atoms with E-state index >= 15 is 0 Å². The fourth-order valence-electron chi connectivity index (χ4n) is 3.24. The van der Waals surface area contributed by atoms with Crippen molar-refractivity contribution in [2.45, 2.75) is 32.2 Å². The molecule has 1 atom stereocenters. The first-order chi connectivity index (χ1) is 14.6.